The van der Waals surface area contributed by atoms with E-state index in [1.165, 1.54) is 29.1 Å². The zero-order valence-corrected chi connectivity index (χ0v) is 13.6. The highest BCUT2D eigenvalue weighted by Gasteiger charge is 2.15. The molecule has 19 heavy (non-hydrogen) atoms. The Balaban J connectivity index is 2.22. The Morgan fingerprint density at radius 3 is 2.58 bits per heavy atom. The maximum Gasteiger partial charge on any atom is 0.243 e. The Bertz CT molecular complexity index is 602. The summed E-state index contributed by atoms with van der Waals surface area (Å²) in [5.41, 5.74) is 1.58. The lowest BCUT2D eigenvalue weighted by Crippen LogP contribution is -2.01. The molecule has 0 amide bonds. The van der Waals surface area contributed by atoms with Crippen molar-refractivity contribution in [2.24, 2.45) is 0 Å². The van der Waals surface area contributed by atoms with Gasteiger partial charge in [0, 0.05) is 11.1 Å². The van der Waals surface area contributed by atoms with Gasteiger partial charge in [-0.1, -0.05) is 29.5 Å². The lowest BCUT2D eigenvalue weighted by molar-refractivity contribution is 0.108. The molecule has 0 aliphatic rings. The van der Waals surface area contributed by atoms with Gasteiger partial charge in [-0.25, -0.2) is 9.97 Å². The number of benzene rings is 1. The van der Waals surface area contributed by atoms with Crippen molar-refractivity contribution in [3.8, 4) is 0 Å². The molecule has 0 bridgehead atoms. The summed E-state index contributed by atoms with van der Waals surface area (Å²) < 4.78 is 0.620. The predicted octanol–water partition coefficient (Wildman–Crippen LogP) is 4.20. The second-order valence-electron chi connectivity index (χ2n) is 3.76. The van der Waals surface area contributed by atoms with Crippen molar-refractivity contribution in [2.45, 2.75) is 17.0 Å². The Kier molecular flexibility index (Phi) is 5.01. The minimum absolute atomic E-state index is 0.0894. The number of nitrogens with zero attached hydrogens (tertiary/aromatic N) is 2. The van der Waals surface area contributed by atoms with E-state index in [0.717, 1.165) is 4.90 Å². The van der Waals surface area contributed by atoms with Crippen molar-refractivity contribution >= 4 is 44.6 Å². The molecule has 6 heteroatoms. The second-order valence-corrected chi connectivity index (χ2v) is 6.43. The first-order valence-electron chi connectivity index (χ1n) is 5.45. The molecule has 0 saturated heterocycles. The summed E-state index contributed by atoms with van der Waals surface area (Å²) in [6.45, 7) is 2.02. The van der Waals surface area contributed by atoms with Crippen LogP contribution in [0.1, 0.15) is 16.1 Å². The highest BCUT2D eigenvalue weighted by molar-refractivity contribution is 9.10. The SMILES string of the molecule is CSc1ncc(Br)c(C(=O)Sc2ccc(C)cc2)n1. The molecule has 2 rings (SSSR count). The van der Waals surface area contributed by atoms with E-state index in [0.29, 0.717) is 15.3 Å². The lowest BCUT2D eigenvalue weighted by atomic mass is 10.2. The van der Waals surface area contributed by atoms with Crippen LogP contribution in [0, 0.1) is 6.92 Å². The van der Waals surface area contributed by atoms with Crippen LogP contribution in [0.3, 0.4) is 0 Å². The van der Waals surface area contributed by atoms with E-state index in [-0.39, 0.29) is 5.12 Å². The monoisotopic (exact) mass is 354 g/mol. The fourth-order valence-corrected chi connectivity index (χ4v) is 2.94. The molecule has 1 heterocycles. The molecule has 3 nitrogen and oxygen atoms in total. The third-order valence-electron chi connectivity index (χ3n) is 2.33. The van der Waals surface area contributed by atoms with Crippen molar-refractivity contribution in [3.63, 3.8) is 0 Å². The Morgan fingerprint density at radius 2 is 1.95 bits per heavy atom. The first kappa shape index (κ1) is 14.6. The number of halogens is 1. The van der Waals surface area contributed by atoms with Crippen molar-refractivity contribution < 1.29 is 4.79 Å². The highest BCUT2D eigenvalue weighted by Crippen LogP contribution is 2.26. The van der Waals surface area contributed by atoms with E-state index < -0.39 is 0 Å². The van der Waals surface area contributed by atoms with Crippen LogP contribution in [0.5, 0.6) is 0 Å². The van der Waals surface area contributed by atoms with Gasteiger partial charge in [0.2, 0.25) is 5.12 Å². The average molecular weight is 355 g/mol. The first-order chi connectivity index (χ1) is 9.10. The molecule has 0 unspecified atom stereocenters. The minimum Gasteiger partial charge on any atom is -0.279 e. The van der Waals surface area contributed by atoms with E-state index in [4.69, 9.17) is 0 Å². The molecule has 1 aromatic heterocycles. The smallest absolute Gasteiger partial charge is 0.243 e. The topological polar surface area (TPSA) is 42.9 Å². The summed E-state index contributed by atoms with van der Waals surface area (Å²) >= 11 is 5.90. The molecule has 0 aliphatic carbocycles. The van der Waals surface area contributed by atoms with Crippen LogP contribution in [0.4, 0.5) is 0 Å². The van der Waals surface area contributed by atoms with Gasteiger partial charge in [0.1, 0.15) is 5.69 Å². The van der Waals surface area contributed by atoms with Gasteiger partial charge in [-0.2, -0.15) is 0 Å². The number of thioether (sulfide) groups is 2. The Hall–Kier alpha value is -0.850. The number of aromatic nitrogens is 2. The van der Waals surface area contributed by atoms with E-state index >= 15 is 0 Å². The third-order valence-corrected chi connectivity index (χ3v) is 4.36. The molecule has 0 spiro atoms. The molecule has 0 aliphatic heterocycles. The van der Waals surface area contributed by atoms with Crippen molar-refractivity contribution in [2.75, 3.05) is 6.26 Å². The van der Waals surface area contributed by atoms with Crippen LogP contribution < -0.4 is 0 Å². The number of rotatable bonds is 3. The number of aryl methyl sites for hydroxylation is 1. The Labute approximate surface area is 128 Å². The van der Waals surface area contributed by atoms with Gasteiger partial charge in [0.15, 0.2) is 5.16 Å². The lowest BCUT2D eigenvalue weighted by Gasteiger charge is -2.04. The van der Waals surface area contributed by atoms with Crippen molar-refractivity contribution in [1.29, 1.82) is 0 Å². The summed E-state index contributed by atoms with van der Waals surface area (Å²) in [7, 11) is 0. The zero-order chi connectivity index (χ0) is 13.8. The minimum atomic E-state index is -0.0894. The second kappa shape index (κ2) is 6.54. The van der Waals surface area contributed by atoms with Gasteiger partial charge in [0.25, 0.3) is 0 Å². The first-order valence-corrected chi connectivity index (χ1v) is 8.29. The number of hydrogen-bond acceptors (Lipinski definition) is 5. The summed E-state index contributed by atoms with van der Waals surface area (Å²) in [4.78, 5) is 21.5. The maximum atomic E-state index is 12.2. The van der Waals surface area contributed by atoms with E-state index in [1.54, 1.807) is 6.20 Å². The van der Waals surface area contributed by atoms with Crippen LogP contribution in [0.2, 0.25) is 0 Å². The van der Waals surface area contributed by atoms with Crippen molar-refractivity contribution in [3.05, 3.63) is 46.2 Å². The zero-order valence-electron chi connectivity index (χ0n) is 10.4. The fourth-order valence-electron chi connectivity index (χ4n) is 1.35. The van der Waals surface area contributed by atoms with Crippen molar-refractivity contribution in [1.82, 2.24) is 9.97 Å². The molecule has 0 N–H and O–H groups in total. The number of carbonyl (C=O) groups excluding carboxylic acids is 1. The van der Waals surface area contributed by atoms with Crippen LogP contribution in [0.25, 0.3) is 0 Å². The molecule has 98 valence electrons. The summed E-state index contributed by atoms with van der Waals surface area (Å²) in [6, 6.07) is 7.83. The molecule has 0 fully saturated rings. The molecule has 0 atom stereocenters. The number of carbonyl (C=O) groups is 1. The maximum absolute atomic E-state index is 12.2. The predicted molar refractivity (Wildman–Crippen MR) is 82.9 cm³/mol. The molecule has 1 aromatic carbocycles. The third kappa shape index (κ3) is 3.81. The van der Waals surface area contributed by atoms with Gasteiger partial charge >= 0.3 is 0 Å². The van der Waals surface area contributed by atoms with Gasteiger partial charge in [-0.05, 0) is 53.0 Å². The molecule has 0 radical (unpaired) electrons. The standard InChI is InChI=1S/C13H11BrN2OS2/c1-8-3-5-9(6-4-8)19-12(17)11-10(14)7-15-13(16-11)18-2/h3-7H,1-2H3. The van der Waals surface area contributed by atoms with E-state index in [2.05, 4.69) is 25.9 Å². The molecule has 0 saturated carbocycles. The molecular formula is C13H11BrN2OS2. The van der Waals surface area contributed by atoms with Gasteiger partial charge in [-0.15, -0.1) is 0 Å². The largest absolute Gasteiger partial charge is 0.279 e. The summed E-state index contributed by atoms with van der Waals surface area (Å²) in [6.07, 6.45) is 3.49. The number of hydrogen-bond donors (Lipinski definition) is 0. The van der Waals surface area contributed by atoms with Crippen LogP contribution in [-0.4, -0.2) is 21.3 Å². The van der Waals surface area contributed by atoms with Crippen LogP contribution in [-0.2, 0) is 0 Å². The van der Waals surface area contributed by atoms with Crippen LogP contribution in [0.15, 0.2) is 45.0 Å². The highest BCUT2D eigenvalue weighted by atomic mass is 79.9. The van der Waals surface area contributed by atoms with Crippen LogP contribution >= 0.6 is 39.5 Å². The van der Waals surface area contributed by atoms with Gasteiger partial charge in [-0.3, -0.25) is 4.79 Å². The molecular weight excluding hydrogens is 344 g/mol. The van der Waals surface area contributed by atoms with Gasteiger partial charge in [0.05, 0.1) is 4.47 Å². The fraction of sp³-hybridized carbons (Fsp3) is 0.154. The normalized spacial score (nSPS) is 10.5. The van der Waals surface area contributed by atoms with Gasteiger partial charge < -0.3 is 0 Å². The quantitative estimate of drug-likeness (QED) is 0.610. The average Bonchev–Trinajstić information content (AvgIpc) is 2.42. The summed E-state index contributed by atoms with van der Waals surface area (Å²) in [5.74, 6) is 0. The van der Waals surface area contributed by atoms with E-state index in [9.17, 15) is 4.79 Å². The summed E-state index contributed by atoms with van der Waals surface area (Å²) in [5, 5.41) is 0.504. The molecule has 2 aromatic rings. The Morgan fingerprint density at radius 1 is 1.26 bits per heavy atom. The van der Waals surface area contributed by atoms with E-state index in [1.807, 2.05) is 37.4 Å².